The lowest BCUT2D eigenvalue weighted by molar-refractivity contribution is 1.46. The molecule has 0 heterocycles. The minimum Gasteiger partial charge on any atom is -0.296 e. The van der Waals surface area contributed by atoms with Gasteiger partial charge in [-0.1, -0.05) is 54.6 Å². The highest BCUT2D eigenvalue weighted by Gasteiger charge is 2.00. The molecule has 0 radical (unpaired) electrons. The van der Waals surface area contributed by atoms with Crippen molar-refractivity contribution >= 4 is 6.21 Å². The Bertz CT molecular complexity index is 458. The van der Waals surface area contributed by atoms with E-state index in [9.17, 15) is 0 Å². The van der Waals surface area contributed by atoms with Gasteiger partial charge in [0.05, 0.1) is 0 Å². The molecule has 2 aromatic carbocycles. The van der Waals surface area contributed by atoms with Crippen LogP contribution in [-0.4, -0.2) is 13.3 Å². The Morgan fingerprint density at radius 2 is 1.53 bits per heavy atom. The summed E-state index contributed by atoms with van der Waals surface area (Å²) in [4.78, 5) is 4.07. The highest BCUT2D eigenvalue weighted by molar-refractivity contribution is 5.90. The first-order chi connectivity index (χ1) is 7.42. The second kappa shape index (κ2) is 4.56. The van der Waals surface area contributed by atoms with Crippen LogP contribution in [0.4, 0.5) is 0 Å². The number of benzene rings is 2. The minimum absolute atomic E-state index is 1.16. The minimum atomic E-state index is 1.16. The van der Waals surface area contributed by atoms with Gasteiger partial charge in [-0.15, -0.1) is 0 Å². The van der Waals surface area contributed by atoms with Crippen LogP contribution in [0.25, 0.3) is 11.1 Å². The lowest BCUT2D eigenvalue weighted by Crippen LogP contribution is -1.86. The molecule has 2 aromatic rings. The molecule has 0 bridgehead atoms. The van der Waals surface area contributed by atoms with Crippen LogP contribution in [0.1, 0.15) is 5.56 Å². The predicted molar refractivity (Wildman–Crippen MR) is 65.4 cm³/mol. The Labute approximate surface area is 90.1 Å². The van der Waals surface area contributed by atoms with Crippen molar-refractivity contribution in [2.75, 3.05) is 7.05 Å². The molecular formula is C14H13N. The molecule has 0 amide bonds. The molecule has 0 N–H and O–H groups in total. The number of rotatable bonds is 2. The third kappa shape index (κ3) is 2.13. The monoisotopic (exact) mass is 195 g/mol. The fourth-order valence-corrected chi connectivity index (χ4v) is 1.63. The molecule has 0 saturated heterocycles. The maximum Gasteiger partial charge on any atom is 0.0287 e. The normalized spacial score (nSPS) is 10.7. The molecule has 0 aliphatic heterocycles. The molecule has 0 aliphatic carbocycles. The summed E-state index contributed by atoms with van der Waals surface area (Å²) < 4.78 is 0. The summed E-state index contributed by atoms with van der Waals surface area (Å²) >= 11 is 0. The highest BCUT2D eigenvalue weighted by Crippen LogP contribution is 2.21. The summed E-state index contributed by atoms with van der Waals surface area (Å²) in [6, 6.07) is 18.6. The molecule has 0 unspecified atom stereocenters. The fourth-order valence-electron chi connectivity index (χ4n) is 1.63. The summed E-state index contributed by atoms with van der Waals surface area (Å²) in [5.41, 5.74) is 3.61. The second-order valence-electron chi connectivity index (χ2n) is 3.34. The molecule has 74 valence electrons. The van der Waals surface area contributed by atoms with Crippen molar-refractivity contribution in [3.8, 4) is 11.1 Å². The number of hydrogen-bond donors (Lipinski definition) is 0. The average Bonchev–Trinajstić information content (AvgIpc) is 2.31. The third-order valence-corrected chi connectivity index (χ3v) is 2.31. The first kappa shape index (κ1) is 9.66. The van der Waals surface area contributed by atoms with Gasteiger partial charge in [-0.2, -0.15) is 0 Å². The van der Waals surface area contributed by atoms with Crippen molar-refractivity contribution in [3.05, 3.63) is 60.2 Å². The van der Waals surface area contributed by atoms with Gasteiger partial charge >= 0.3 is 0 Å². The van der Waals surface area contributed by atoms with Crippen molar-refractivity contribution in [1.82, 2.24) is 0 Å². The zero-order valence-electron chi connectivity index (χ0n) is 8.72. The van der Waals surface area contributed by atoms with Gasteiger partial charge in [-0.25, -0.2) is 0 Å². The summed E-state index contributed by atoms with van der Waals surface area (Å²) in [6.45, 7) is 0. The summed E-state index contributed by atoms with van der Waals surface area (Å²) in [5.74, 6) is 0. The van der Waals surface area contributed by atoms with E-state index in [1.807, 2.05) is 18.3 Å². The Morgan fingerprint density at radius 3 is 2.27 bits per heavy atom. The smallest absolute Gasteiger partial charge is 0.0287 e. The van der Waals surface area contributed by atoms with E-state index in [1.54, 1.807) is 7.05 Å². The summed E-state index contributed by atoms with van der Waals surface area (Å²) in [6.07, 6.45) is 1.89. The maximum atomic E-state index is 4.07. The molecular weight excluding hydrogens is 182 g/mol. The van der Waals surface area contributed by atoms with Crippen molar-refractivity contribution in [2.24, 2.45) is 4.99 Å². The van der Waals surface area contributed by atoms with Crippen LogP contribution < -0.4 is 0 Å². The molecule has 0 aliphatic rings. The highest BCUT2D eigenvalue weighted by atomic mass is 14.6. The molecule has 2 rings (SSSR count). The molecule has 1 heteroatoms. The average molecular weight is 195 g/mol. The van der Waals surface area contributed by atoms with E-state index in [0.29, 0.717) is 0 Å². The Kier molecular flexibility index (Phi) is 2.93. The quantitative estimate of drug-likeness (QED) is 0.651. The summed E-state index contributed by atoms with van der Waals surface area (Å²) in [5, 5.41) is 0. The van der Waals surface area contributed by atoms with Crippen molar-refractivity contribution in [3.63, 3.8) is 0 Å². The largest absolute Gasteiger partial charge is 0.296 e. The zero-order valence-corrected chi connectivity index (χ0v) is 8.72. The van der Waals surface area contributed by atoms with E-state index < -0.39 is 0 Å². The second-order valence-corrected chi connectivity index (χ2v) is 3.34. The van der Waals surface area contributed by atoms with Gasteiger partial charge in [0.2, 0.25) is 0 Å². The van der Waals surface area contributed by atoms with Crippen LogP contribution in [0, 0.1) is 0 Å². The molecule has 0 fully saturated rings. The van der Waals surface area contributed by atoms with Gasteiger partial charge < -0.3 is 0 Å². The molecule has 1 nitrogen and oxygen atoms in total. The van der Waals surface area contributed by atoms with Gasteiger partial charge in [0.1, 0.15) is 0 Å². The maximum absolute atomic E-state index is 4.07. The molecule has 0 spiro atoms. The SMILES string of the molecule is CN=Cc1ccccc1-c1ccccc1. The van der Waals surface area contributed by atoms with Crippen molar-refractivity contribution < 1.29 is 0 Å². The topological polar surface area (TPSA) is 12.4 Å². The van der Waals surface area contributed by atoms with Gasteiger partial charge in [0.15, 0.2) is 0 Å². The van der Waals surface area contributed by atoms with E-state index in [4.69, 9.17) is 0 Å². The van der Waals surface area contributed by atoms with Gasteiger partial charge in [0, 0.05) is 18.8 Å². The van der Waals surface area contributed by atoms with Crippen LogP contribution in [0.2, 0.25) is 0 Å². The zero-order chi connectivity index (χ0) is 10.5. The number of nitrogens with zero attached hydrogens (tertiary/aromatic N) is 1. The first-order valence-electron chi connectivity index (χ1n) is 4.98. The van der Waals surface area contributed by atoms with E-state index in [1.165, 1.54) is 11.1 Å². The van der Waals surface area contributed by atoms with Gasteiger partial charge in [0.25, 0.3) is 0 Å². The van der Waals surface area contributed by atoms with E-state index in [2.05, 4.69) is 47.5 Å². The lowest BCUT2D eigenvalue weighted by atomic mass is 10.0. The first-order valence-corrected chi connectivity index (χ1v) is 4.98. The van der Waals surface area contributed by atoms with E-state index in [-0.39, 0.29) is 0 Å². The molecule has 0 atom stereocenters. The van der Waals surface area contributed by atoms with Crippen molar-refractivity contribution in [1.29, 1.82) is 0 Å². The molecule has 15 heavy (non-hydrogen) atoms. The lowest BCUT2D eigenvalue weighted by Gasteiger charge is -2.04. The Hall–Kier alpha value is -1.89. The van der Waals surface area contributed by atoms with E-state index >= 15 is 0 Å². The van der Waals surface area contributed by atoms with Crippen LogP contribution in [0.15, 0.2) is 59.6 Å². The molecule has 0 aromatic heterocycles. The Balaban J connectivity index is 2.53. The van der Waals surface area contributed by atoms with Crippen molar-refractivity contribution in [2.45, 2.75) is 0 Å². The standard InChI is InChI=1S/C14H13N/c1-15-11-13-9-5-6-10-14(13)12-7-3-2-4-8-12/h2-11H,1H3. The predicted octanol–water partition coefficient (Wildman–Crippen LogP) is 3.40. The van der Waals surface area contributed by atoms with Gasteiger partial charge in [-0.3, -0.25) is 4.99 Å². The van der Waals surface area contributed by atoms with Crippen LogP contribution in [-0.2, 0) is 0 Å². The Morgan fingerprint density at radius 1 is 0.867 bits per heavy atom. The van der Waals surface area contributed by atoms with Crippen LogP contribution in [0.5, 0.6) is 0 Å². The number of aliphatic imine (C=N–C) groups is 1. The van der Waals surface area contributed by atoms with Crippen LogP contribution >= 0.6 is 0 Å². The molecule has 0 saturated carbocycles. The fraction of sp³-hybridized carbons (Fsp3) is 0.0714. The van der Waals surface area contributed by atoms with E-state index in [0.717, 1.165) is 5.56 Å². The van der Waals surface area contributed by atoms with Crippen LogP contribution in [0.3, 0.4) is 0 Å². The number of hydrogen-bond acceptors (Lipinski definition) is 1. The third-order valence-electron chi connectivity index (χ3n) is 2.31. The summed E-state index contributed by atoms with van der Waals surface area (Å²) in [7, 11) is 1.79. The van der Waals surface area contributed by atoms with Gasteiger partial charge in [-0.05, 0) is 11.1 Å².